The highest BCUT2D eigenvalue weighted by Crippen LogP contribution is 2.31. The van der Waals surface area contributed by atoms with Crippen LogP contribution in [0.3, 0.4) is 0 Å². The zero-order valence-corrected chi connectivity index (χ0v) is 14.5. The molecular weight excluding hydrogens is 336 g/mol. The highest BCUT2D eigenvalue weighted by Gasteiger charge is 2.11. The molecule has 0 aliphatic heterocycles. The van der Waals surface area contributed by atoms with E-state index in [0.29, 0.717) is 12.2 Å². The third-order valence-electron chi connectivity index (χ3n) is 4.29. The van der Waals surface area contributed by atoms with Gasteiger partial charge in [0.25, 0.3) is 0 Å². The number of nitrogens with zero attached hydrogens (tertiary/aromatic N) is 3. The molecule has 2 aromatic carbocycles. The Bertz CT molecular complexity index is 1100. The summed E-state index contributed by atoms with van der Waals surface area (Å²) in [5.41, 5.74) is 5.44. The Labute approximate surface area is 156 Å². The van der Waals surface area contributed by atoms with Crippen LogP contribution in [0.5, 0.6) is 5.75 Å². The number of aromatic amines is 1. The molecule has 2 heterocycles. The third-order valence-corrected chi connectivity index (χ3v) is 4.29. The van der Waals surface area contributed by atoms with E-state index in [9.17, 15) is 5.26 Å². The summed E-state index contributed by atoms with van der Waals surface area (Å²) < 4.78 is 5.92. The van der Waals surface area contributed by atoms with Gasteiger partial charge in [-0.2, -0.15) is 10.4 Å². The first-order valence-corrected chi connectivity index (χ1v) is 8.50. The minimum Gasteiger partial charge on any atom is -0.489 e. The van der Waals surface area contributed by atoms with Crippen molar-refractivity contribution in [1.82, 2.24) is 15.2 Å². The van der Waals surface area contributed by atoms with Gasteiger partial charge in [0, 0.05) is 29.1 Å². The van der Waals surface area contributed by atoms with Gasteiger partial charge in [-0.1, -0.05) is 30.3 Å². The summed E-state index contributed by atoms with van der Waals surface area (Å²) in [4.78, 5) is 4.07. The Hall–Kier alpha value is -3.91. The molecular formula is C22H16N4O. The maximum absolute atomic E-state index is 9.20. The Morgan fingerprint density at radius 1 is 0.963 bits per heavy atom. The van der Waals surface area contributed by atoms with E-state index in [1.807, 2.05) is 54.6 Å². The van der Waals surface area contributed by atoms with Crippen LogP contribution in [0, 0.1) is 11.3 Å². The SMILES string of the molecule is N#Cc1ccccc1COc1cccc(-c2[nH]ncc2-c2ccncc2)c1. The number of H-pyrrole nitrogens is 1. The van der Waals surface area contributed by atoms with Crippen LogP contribution in [0.4, 0.5) is 0 Å². The molecule has 1 N–H and O–H groups in total. The summed E-state index contributed by atoms with van der Waals surface area (Å²) in [7, 11) is 0. The Kier molecular flexibility index (Phi) is 4.62. The largest absolute Gasteiger partial charge is 0.489 e. The summed E-state index contributed by atoms with van der Waals surface area (Å²) >= 11 is 0. The van der Waals surface area contributed by atoms with Gasteiger partial charge in [-0.25, -0.2) is 0 Å². The van der Waals surface area contributed by atoms with Crippen LogP contribution >= 0.6 is 0 Å². The van der Waals surface area contributed by atoms with Gasteiger partial charge in [0.2, 0.25) is 0 Å². The van der Waals surface area contributed by atoms with E-state index in [-0.39, 0.29) is 0 Å². The van der Waals surface area contributed by atoms with Crippen LogP contribution in [-0.2, 0) is 6.61 Å². The molecule has 27 heavy (non-hydrogen) atoms. The number of hydrogen-bond donors (Lipinski definition) is 1. The lowest BCUT2D eigenvalue weighted by Gasteiger charge is -2.09. The molecule has 0 saturated carbocycles. The van der Waals surface area contributed by atoms with E-state index in [1.54, 1.807) is 24.7 Å². The molecule has 0 bridgehead atoms. The van der Waals surface area contributed by atoms with Crippen LogP contribution < -0.4 is 4.74 Å². The van der Waals surface area contributed by atoms with Gasteiger partial charge < -0.3 is 4.74 Å². The van der Waals surface area contributed by atoms with E-state index < -0.39 is 0 Å². The molecule has 4 rings (SSSR count). The Morgan fingerprint density at radius 3 is 2.67 bits per heavy atom. The first-order chi connectivity index (χ1) is 13.3. The number of nitriles is 1. The second kappa shape index (κ2) is 7.54. The van der Waals surface area contributed by atoms with Crippen LogP contribution in [0.1, 0.15) is 11.1 Å². The zero-order chi connectivity index (χ0) is 18.5. The monoisotopic (exact) mass is 352 g/mol. The molecule has 5 nitrogen and oxygen atoms in total. The molecule has 2 aromatic heterocycles. The zero-order valence-electron chi connectivity index (χ0n) is 14.5. The van der Waals surface area contributed by atoms with Crippen molar-refractivity contribution in [3.05, 3.63) is 90.4 Å². The molecule has 0 radical (unpaired) electrons. The number of rotatable bonds is 5. The molecule has 5 heteroatoms. The van der Waals surface area contributed by atoms with Crippen LogP contribution in [0.15, 0.2) is 79.3 Å². The van der Waals surface area contributed by atoms with Crippen LogP contribution in [0.25, 0.3) is 22.4 Å². The Balaban J connectivity index is 1.59. The summed E-state index contributed by atoms with van der Waals surface area (Å²) in [5.74, 6) is 0.732. The molecule has 0 amide bonds. The fourth-order valence-corrected chi connectivity index (χ4v) is 2.91. The molecule has 0 saturated heterocycles. The number of hydrogen-bond acceptors (Lipinski definition) is 4. The molecule has 0 fully saturated rings. The van der Waals surface area contributed by atoms with Gasteiger partial charge in [0.05, 0.1) is 23.5 Å². The summed E-state index contributed by atoms with van der Waals surface area (Å²) in [6.07, 6.45) is 5.33. The second-order valence-electron chi connectivity index (χ2n) is 5.98. The first-order valence-electron chi connectivity index (χ1n) is 8.50. The van der Waals surface area contributed by atoms with Gasteiger partial charge in [-0.15, -0.1) is 0 Å². The molecule has 0 spiro atoms. The van der Waals surface area contributed by atoms with E-state index in [2.05, 4.69) is 21.3 Å². The average molecular weight is 352 g/mol. The molecule has 0 aliphatic carbocycles. The third kappa shape index (κ3) is 3.55. The summed E-state index contributed by atoms with van der Waals surface area (Å²) in [6.45, 7) is 0.341. The van der Waals surface area contributed by atoms with E-state index >= 15 is 0 Å². The van der Waals surface area contributed by atoms with Crippen LogP contribution in [-0.4, -0.2) is 15.2 Å². The minimum absolute atomic E-state index is 0.341. The molecule has 4 aromatic rings. The fourth-order valence-electron chi connectivity index (χ4n) is 2.91. The van der Waals surface area contributed by atoms with Crippen molar-refractivity contribution in [2.75, 3.05) is 0 Å². The normalized spacial score (nSPS) is 10.3. The minimum atomic E-state index is 0.341. The van der Waals surface area contributed by atoms with Gasteiger partial charge in [-0.05, 0) is 35.9 Å². The highest BCUT2D eigenvalue weighted by atomic mass is 16.5. The van der Waals surface area contributed by atoms with Crippen molar-refractivity contribution in [2.24, 2.45) is 0 Å². The standard InChI is InChI=1S/C22H16N4O/c23-13-18-4-1-2-5-19(18)15-27-20-7-3-6-17(12-20)22-21(14-25-26-22)16-8-10-24-11-9-16/h1-12,14H,15H2,(H,25,26). The van der Waals surface area contributed by atoms with Gasteiger partial charge in [-0.3, -0.25) is 10.1 Å². The molecule has 130 valence electrons. The topological polar surface area (TPSA) is 74.6 Å². The lowest BCUT2D eigenvalue weighted by atomic mass is 10.0. The van der Waals surface area contributed by atoms with Crippen molar-refractivity contribution in [3.8, 4) is 34.2 Å². The molecule has 0 atom stereocenters. The smallest absolute Gasteiger partial charge is 0.120 e. The number of pyridine rings is 1. The van der Waals surface area contributed by atoms with Gasteiger partial charge >= 0.3 is 0 Å². The van der Waals surface area contributed by atoms with Crippen molar-refractivity contribution >= 4 is 0 Å². The van der Waals surface area contributed by atoms with Gasteiger partial charge in [0.1, 0.15) is 12.4 Å². The van der Waals surface area contributed by atoms with E-state index in [0.717, 1.165) is 33.7 Å². The first kappa shape index (κ1) is 16.6. The number of aromatic nitrogens is 3. The number of nitrogens with one attached hydrogen (secondary N) is 1. The highest BCUT2D eigenvalue weighted by molar-refractivity contribution is 5.80. The van der Waals surface area contributed by atoms with E-state index in [1.165, 1.54) is 0 Å². The Morgan fingerprint density at radius 2 is 1.81 bits per heavy atom. The van der Waals surface area contributed by atoms with Crippen molar-refractivity contribution in [2.45, 2.75) is 6.61 Å². The lowest BCUT2D eigenvalue weighted by Crippen LogP contribution is -1.98. The second-order valence-corrected chi connectivity index (χ2v) is 5.98. The van der Waals surface area contributed by atoms with Crippen LogP contribution in [0.2, 0.25) is 0 Å². The van der Waals surface area contributed by atoms with Crippen molar-refractivity contribution in [1.29, 1.82) is 5.26 Å². The summed E-state index contributed by atoms with van der Waals surface area (Å²) in [5, 5.41) is 16.5. The number of benzene rings is 2. The number of ether oxygens (including phenoxy) is 1. The quantitative estimate of drug-likeness (QED) is 0.570. The van der Waals surface area contributed by atoms with Crippen molar-refractivity contribution < 1.29 is 4.74 Å². The average Bonchev–Trinajstić information content (AvgIpc) is 3.23. The predicted octanol–water partition coefficient (Wildman–Crippen LogP) is 4.59. The summed E-state index contributed by atoms with van der Waals surface area (Å²) in [6, 6.07) is 21.4. The maximum Gasteiger partial charge on any atom is 0.120 e. The molecule has 0 unspecified atom stereocenters. The maximum atomic E-state index is 9.20. The van der Waals surface area contributed by atoms with Crippen molar-refractivity contribution in [3.63, 3.8) is 0 Å². The van der Waals surface area contributed by atoms with Gasteiger partial charge in [0.15, 0.2) is 0 Å². The fraction of sp³-hybridized carbons (Fsp3) is 0.0455. The lowest BCUT2D eigenvalue weighted by molar-refractivity contribution is 0.306. The predicted molar refractivity (Wildman–Crippen MR) is 103 cm³/mol. The molecule has 0 aliphatic rings. The van der Waals surface area contributed by atoms with E-state index in [4.69, 9.17) is 4.74 Å².